The summed E-state index contributed by atoms with van der Waals surface area (Å²) in [5.41, 5.74) is 2.96. The lowest BCUT2D eigenvalue weighted by molar-refractivity contribution is -0.145. The monoisotopic (exact) mass is 248 g/mol. The number of rotatable bonds is 5. The highest BCUT2D eigenvalue weighted by molar-refractivity contribution is 5.77. The van der Waals surface area contributed by atoms with Crippen molar-refractivity contribution < 1.29 is 14.3 Å². The molecule has 0 aromatic heterocycles. The molecule has 2 aliphatic carbocycles. The molecule has 0 aromatic rings. The summed E-state index contributed by atoms with van der Waals surface area (Å²) in [6.45, 7) is 1.05. The van der Waals surface area contributed by atoms with Crippen LogP contribution in [0.5, 0.6) is 0 Å². The summed E-state index contributed by atoms with van der Waals surface area (Å²) < 4.78 is 10.4. The number of hydrogen-bond donors (Lipinski definition) is 0. The van der Waals surface area contributed by atoms with Gasteiger partial charge in [0.1, 0.15) is 6.61 Å². The van der Waals surface area contributed by atoms with Crippen LogP contribution in [0, 0.1) is 5.92 Å². The lowest BCUT2D eigenvalue weighted by atomic mass is 9.90. The van der Waals surface area contributed by atoms with Crippen LogP contribution in [0.4, 0.5) is 0 Å². The van der Waals surface area contributed by atoms with Crippen molar-refractivity contribution in [3.05, 3.63) is 23.3 Å². The van der Waals surface area contributed by atoms with Crippen LogP contribution in [0.15, 0.2) is 23.3 Å². The first-order valence-electron chi connectivity index (χ1n) is 7.00. The minimum absolute atomic E-state index is 0.183. The topological polar surface area (TPSA) is 38.8 Å². The standard InChI is InChI=1S/C15H20O3/c16-15(14-10-17-14)18-9-13(11-5-1-2-6-11)12-7-3-4-8-12/h5,7,13-14H,1-4,6,8-10H2. The SMILES string of the molecule is O=C(OCC(C1=CCCC1)C1=CCCC1)C1CO1. The van der Waals surface area contributed by atoms with Crippen LogP contribution >= 0.6 is 0 Å². The molecule has 1 atom stereocenters. The molecule has 0 bridgehead atoms. The summed E-state index contributed by atoms with van der Waals surface area (Å²) in [6.07, 6.45) is 11.6. The van der Waals surface area contributed by atoms with E-state index < -0.39 is 0 Å². The van der Waals surface area contributed by atoms with Gasteiger partial charge in [-0.05, 0) is 38.5 Å². The zero-order valence-electron chi connectivity index (χ0n) is 10.7. The van der Waals surface area contributed by atoms with Gasteiger partial charge >= 0.3 is 5.97 Å². The van der Waals surface area contributed by atoms with Crippen LogP contribution in [0.1, 0.15) is 38.5 Å². The molecule has 0 spiro atoms. The molecule has 1 heterocycles. The molecule has 3 aliphatic rings. The lowest BCUT2D eigenvalue weighted by Gasteiger charge is -2.20. The fraction of sp³-hybridized carbons (Fsp3) is 0.667. The molecule has 1 aliphatic heterocycles. The first kappa shape index (κ1) is 12.0. The zero-order chi connectivity index (χ0) is 12.4. The Bertz CT molecular complexity index is 367. The first-order chi connectivity index (χ1) is 8.84. The fourth-order valence-electron chi connectivity index (χ4n) is 2.92. The summed E-state index contributed by atoms with van der Waals surface area (Å²) in [7, 11) is 0. The highest BCUT2D eigenvalue weighted by atomic mass is 16.6. The Morgan fingerprint density at radius 1 is 1.28 bits per heavy atom. The van der Waals surface area contributed by atoms with Gasteiger partial charge in [-0.1, -0.05) is 23.3 Å². The highest BCUT2D eigenvalue weighted by Crippen LogP contribution is 2.35. The van der Waals surface area contributed by atoms with Gasteiger partial charge in [-0.25, -0.2) is 4.79 Å². The minimum atomic E-state index is -0.277. The van der Waals surface area contributed by atoms with Gasteiger partial charge in [-0.3, -0.25) is 0 Å². The fourth-order valence-corrected chi connectivity index (χ4v) is 2.92. The van der Waals surface area contributed by atoms with E-state index in [9.17, 15) is 4.79 Å². The first-order valence-corrected chi connectivity index (χ1v) is 7.00. The van der Waals surface area contributed by atoms with Crippen molar-refractivity contribution in [2.24, 2.45) is 5.92 Å². The van der Waals surface area contributed by atoms with Gasteiger partial charge in [0.2, 0.25) is 0 Å². The quantitative estimate of drug-likeness (QED) is 0.426. The van der Waals surface area contributed by atoms with E-state index >= 15 is 0 Å². The molecular formula is C15H20O3. The third-order valence-corrected chi connectivity index (χ3v) is 4.04. The van der Waals surface area contributed by atoms with Crippen molar-refractivity contribution in [1.29, 1.82) is 0 Å². The Kier molecular flexibility index (Phi) is 3.50. The minimum Gasteiger partial charge on any atom is -0.463 e. The van der Waals surface area contributed by atoms with E-state index in [1.54, 1.807) is 0 Å². The van der Waals surface area contributed by atoms with Crippen LogP contribution < -0.4 is 0 Å². The summed E-state index contributed by atoms with van der Waals surface area (Å²) in [6, 6.07) is 0. The largest absolute Gasteiger partial charge is 0.463 e. The number of carbonyl (C=O) groups is 1. The molecule has 1 saturated heterocycles. The smallest absolute Gasteiger partial charge is 0.337 e. The summed E-state index contributed by atoms with van der Waals surface area (Å²) in [5.74, 6) is 0.162. The normalized spacial score (nSPS) is 26.2. The van der Waals surface area contributed by atoms with E-state index in [-0.39, 0.29) is 12.1 Å². The summed E-state index contributed by atoms with van der Waals surface area (Å²) >= 11 is 0. The van der Waals surface area contributed by atoms with Gasteiger partial charge in [0, 0.05) is 5.92 Å². The van der Waals surface area contributed by atoms with Crippen LogP contribution in [0.2, 0.25) is 0 Å². The third-order valence-electron chi connectivity index (χ3n) is 4.04. The Morgan fingerprint density at radius 3 is 2.33 bits per heavy atom. The summed E-state index contributed by atoms with van der Waals surface area (Å²) in [4.78, 5) is 11.6. The molecule has 3 rings (SSSR count). The van der Waals surface area contributed by atoms with Crippen LogP contribution in [-0.2, 0) is 14.3 Å². The molecule has 1 unspecified atom stereocenters. The van der Waals surface area contributed by atoms with Gasteiger partial charge in [0.15, 0.2) is 6.10 Å². The van der Waals surface area contributed by atoms with Gasteiger partial charge in [-0.2, -0.15) is 0 Å². The van der Waals surface area contributed by atoms with Crippen molar-refractivity contribution in [2.45, 2.75) is 44.6 Å². The van der Waals surface area contributed by atoms with E-state index in [0.717, 1.165) is 0 Å². The van der Waals surface area contributed by atoms with Crippen LogP contribution in [0.3, 0.4) is 0 Å². The second-order valence-corrected chi connectivity index (χ2v) is 5.35. The molecule has 18 heavy (non-hydrogen) atoms. The molecule has 0 saturated carbocycles. The second kappa shape index (κ2) is 5.27. The maximum atomic E-state index is 11.6. The predicted molar refractivity (Wildman–Crippen MR) is 68.1 cm³/mol. The summed E-state index contributed by atoms with van der Waals surface area (Å²) in [5, 5.41) is 0. The number of esters is 1. The third kappa shape index (κ3) is 2.66. The van der Waals surface area contributed by atoms with Crippen molar-refractivity contribution in [2.75, 3.05) is 13.2 Å². The molecule has 98 valence electrons. The van der Waals surface area contributed by atoms with E-state index in [4.69, 9.17) is 9.47 Å². The van der Waals surface area contributed by atoms with E-state index in [2.05, 4.69) is 12.2 Å². The van der Waals surface area contributed by atoms with Crippen LogP contribution in [-0.4, -0.2) is 25.3 Å². The Morgan fingerprint density at radius 2 is 1.89 bits per heavy atom. The maximum Gasteiger partial charge on any atom is 0.337 e. The van der Waals surface area contributed by atoms with Crippen molar-refractivity contribution in [3.8, 4) is 0 Å². The Hall–Kier alpha value is -1.09. The predicted octanol–water partition coefficient (Wildman–Crippen LogP) is 2.77. The Balaban J connectivity index is 1.62. The van der Waals surface area contributed by atoms with Crippen molar-refractivity contribution in [3.63, 3.8) is 0 Å². The van der Waals surface area contributed by atoms with Crippen molar-refractivity contribution >= 4 is 5.97 Å². The molecule has 0 amide bonds. The zero-order valence-corrected chi connectivity index (χ0v) is 10.7. The molecule has 1 fully saturated rings. The van der Waals surface area contributed by atoms with Gasteiger partial charge in [0.05, 0.1) is 6.61 Å². The number of hydrogen-bond acceptors (Lipinski definition) is 3. The maximum absolute atomic E-state index is 11.6. The average molecular weight is 248 g/mol. The molecule has 0 N–H and O–H groups in total. The molecule has 3 heteroatoms. The van der Waals surface area contributed by atoms with E-state index in [0.29, 0.717) is 19.1 Å². The molecule has 0 radical (unpaired) electrons. The Labute approximate surface area is 108 Å². The van der Waals surface area contributed by atoms with E-state index in [1.165, 1.54) is 49.7 Å². The van der Waals surface area contributed by atoms with Gasteiger partial charge in [0.25, 0.3) is 0 Å². The van der Waals surface area contributed by atoms with Crippen LogP contribution in [0.25, 0.3) is 0 Å². The average Bonchev–Trinajstić information content (AvgIpc) is 2.89. The van der Waals surface area contributed by atoms with Gasteiger partial charge < -0.3 is 9.47 Å². The lowest BCUT2D eigenvalue weighted by Crippen LogP contribution is -2.20. The van der Waals surface area contributed by atoms with Crippen molar-refractivity contribution in [1.82, 2.24) is 0 Å². The van der Waals surface area contributed by atoms with Gasteiger partial charge in [-0.15, -0.1) is 0 Å². The number of allylic oxidation sites excluding steroid dienone is 2. The molecule has 3 nitrogen and oxygen atoms in total. The number of ether oxygens (including phenoxy) is 2. The van der Waals surface area contributed by atoms with E-state index in [1.807, 2.05) is 0 Å². The highest BCUT2D eigenvalue weighted by Gasteiger charge is 2.34. The second-order valence-electron chi connectivity index (χ2n) is 5.35. The molecular weight excluding hydrogens is 228 g/mol. The molecule has 0 aromatic carbocycles. The number of epoxide rings is 1. The number of carbonyl (C=O) groups excluding carboxylic acids is 1.